The lowest BCUT2D eigenvalue weighted by Gasteiger charge is -2.11. The van der Waals surface area contributed by atoms with E-state index in [-0.39, 0.29) is 0 Å². The number of nitrogens with zero attached hydrogens (tertiary/aromatic N) is 3. The highest BCUT2D eigenvalue weighted by molar-refractivity contribution is 5.66. The molecule has 2 aromatic rings. The fourth-order valence-corrected chi connectivity index (χ4v) is 1.80. The molecule has 0 unspecified atom stereocenters. The lowest BCUT2D eigenvalue weighted by Crippen LogP contribution is -2.09. The second kappa shape index (κ2) is 5.99. The van der Waals surface area contributed by atoms with Crippen molar-refractivity contribution >= 4 is 11.5 Å². The third-order valence-corrected chi connectivity index (χ3v) is 2.83. The van der Waals surface area contributed by atoms with Gasteiger partial charge >= 0.3 is 0 Å². The minimum Gasteiger partial charge on any atom is -0.479 e. The highest BCUT2D eigenvalue weighted by Crippen LogP contribution is 2.24. The van der Waals surface area contributed by atoms with Crippen LogP contribution in [0.4, 0.5) is 11.5 Å². The molecular formula is C13H17N5O. The average Bonchev–Trinajstić information content (AvgIpc) is 2.46. The number of rotatable bonds is 5. The highest BCUT2D eigenvalue weighted by Gasteiger charge is 2.09. The van der Waals surface area contributed by atoms with Crippen LogP contribution in [-0.2, 0) is 13.0 Å². The van der Waals surface area contributed by atoms with E-state index in [1.54, 1.807) is 6.20 Å². The molecule has 0 fully saturated rings. The van der Waals surface area contributed by atoms with Crippen LogP contribution < -0.4 is 15.8 Å². The van der Waals surface area contributed by atoms with Crippen LogP contribution in [0.2, 0.25) is 0 Å². The Morgan fingerprint density at radius 3 is 2.89 bits per heavy atom. The zero-order valence-electron chi connectivity index (χ0n) is 11.1. The topological polar surface area (TPSA) is 86.0 Å². The minimum atomic E-state index is 0.370. The lowest BCUT2D eigenvalue weighted by atomic mass is 10.1. The Labute approximate surface area is 112 Å². The third kappa shape index (κ3) is 2.90. The van der Waals surface area contributed by atoms with Gasteiger partial charge in [0.25, 0.3) is 0 Å². The predicted molar refractivity (Wildman–Crippen MR) is 73.9 cm³/mol. The summed E-state index contributed by atoms with van der Waals surface area (Å²) in [5.41, 5.74) is 8.49. The van der Waals surface area contributed by atoms with Gasteiger partial charge in [0.15, 0.2) is 5.82 Å². The van der Waals surface area contributed by atoms with Crippen molar-refractivity contribution in [3.8, 4) is 5.88 Å². The van der Waals surface area contributed by atoms with E-state index < -0.39 is 0 Å². The van der Waals surface area contributed by atoms with Gasteiger partial charge in [-0.25, -0.2) is 4.98 Å². The molecule has 0 radical (unpaired) electrons. The molecular weight excluding hydrogens is 242 g/mol. The van der Waals surface area contributed by atoms with Crippen molar-refractivity contribution in [3.05, 3.63) is 35.9 Å². The van der Waals surface area contributed by atoms with Crippen LogP contribution >= 0.6 is 0 Å². The molecule has 0 atom stereocenters. The molecule has 0 aromatic carbocycles. The molecule has 2 aromatic heterocycles. The van der Waals surface area contributed by atoms with Crippen molar-refractivity contribution in [3.63, 3.8) is 0 Å². The Balaban J connectivity index is 2.15. The molecule has 0 bridgehead atoms. The fourth-order valence-electron chi connectivity index (χ4n) is 1.80. The molecule has 100 valence electrons. The maximum Gasteiger partial charge on any atom is 0.242 e. The Hall–Kier alpha value is -2.37. The number of anilines is 2. The van der Waals surface area contributed by atoms with Gasteiger partial charge in [-0.05, 0) is 18.1 Å². The number of pyridine rings is 1. The first kappa shape index (κ1) is 13.1. The van der Waals surface area contributed by atoms with Crippen molar-refractivity contribution in [2.75, 3.05) is 18.2 Å². The summed E-state index contributed by atoms with van der Waals surface area (Å²) in [6, 6.07) is 4.00. The van der Waals surface area contributed by atoms with E-state index >= 15 is 0 Å². The summed E-state index contributed by atoms with van der Waals surface area (Å²) in [6.45, 7) is 2.66. The standard InChI is InChI=1S/C13H17N5O/c1-3-9-5-4-6-15-10(9)7-16-12-11(14)13(19-2)18-8-17-12/h4-6,8H,3,7,14H2,1-2H3,(H,16,17,18). The Bertz CT molecular complexity index is 558. The van der Waals surface area contributed by atoms with Crippen molar-refractivity contribution in [1.29, 1.82) is 0 Å². The molecule has 0 spiro atoms. The van der Waals surface area contributed by atoms with E-state index in [1.165, 1.54) is 19.0 Å². The summed E-state index contributed by atoms with van der Waals surface area (Å²) in [4.78, 5) is 12.4. The third-order valence-electron chi connectivity index (χ3n) is 2.83. The van der Waals surface area contributed by atoms with Gasteiger partial charge in [-0.3, -0.25) is 4.98 Å². The normalized spacial score (nSPS) is 10.2. The second-order valence-corrected chi connectivity index (χ2v) is 3.96. The molecule has 2 rings (SSSR count). The molecule has 6 heteroatoms. The number of aromatic nitrogens is 3. The zero-order valence-corrected chi connectivity index (χ0v) is 11.1. The monoisotopic (exact) mass is 259 g/mol. The molecule has 0 aliphatic carbocycles. The molecule has 19 heavy (non-hydrogen) atoms. The Kier molecular flexibility index (Phi) is 4.12. The van der Waals surface area contributed by atoms with Gasteiger partial charge in [-0.1, -0.05) is 13.0 Å². The van der Waals surface area contributed by atoms with Crippen LogP contribution in [0.25, 0.3) is 0 Å². The van der Waals surface area contributed by atoms with Crippen LogP contribution in [0.1, 0.15) is 18.2 Å². The number of nitrogen functional groups attached to an aromatic ring is 1. The quantitative estimate of drug-likeness (QED) is 0.849. The second-order valence-electron chi connectivity index (χ2n) is 3.96. The number of hydrogen-bond donors (Lipinski definition) is 2. The molecule has 0 saturated carbocycles. The molecule has 6 nitrogen and oxygen atoms in total. The molecule has 3 N–H and O–H groups in total. The Morgan fingerprint density at radius 2 is 2.16 bits per heavy atom. The largest absolute Gasteiger partial charge is 0.479 e. The van der Waals surface area contributed by atoms with Gasteiger partial charge in [-0.2, -0.15) is 4.98 Å². The molecule has 0 saturated heterocycles. The van der Waals surface area contributed by atoms with Crippen molar-refractivity contribution in [2.24, 2.45) is 0 Å². The summed E-state index contributed by atoms with van der Waals surface area (Å²) in [7, 11) is 1.52. The van der Waals surface area contributed by atoms with Crippen LogP contribution in [-0.4, -0.2) is 22.1 Å². The van der Waals surface area contributed by atoms with Crippen molar-refractivity contribution in [2.45, 2.75) is 19.9 Å². The van der Waals surface area contributed by atoms with Crippen LogP contribution in [0.5, 0.6) is 5.88 Å². The predicted octanol–water partition coefficient (Wildman–Crippen LogP) is 1.64. The maximum atomic E-state index is 5.90. The first-order valence-corrected chi connectivity index (χ1v) is 6.07. The smallest absolute Gasteiger partial charge is 0.242 e. The van der Waals surface area contributed by atoms with Gasteiger partial charge in [0, 0.05) is 6.20 Å². The van der Waals surface area contributed by atoms with Crippen molar-refractivity contribution < 1.29 is 4.74 Å². The Morgan fingerprint density at radius 1 is 1.32 bits per heavy atom. The number of methoxy groups -OCH3 is 1. The molecule has 0 aliphatic heterocycles. The highest BCUT2D eigenvalue weighted by atomic mass is 16.5. The van der Waals surface area contributed by atoms with Crippen LogP contribution in [0, 0.1) is 0 Å². The zero-order chi connectivity index (χ0) is 13.7. The van der Waals surface area contributed by atoms with Gasteiger partial charge in [0.1, 0.15) is 12.0 Å². The van der Waals surface area contributed by atoms with E-state index in [0.717, 1.165) is 12.1 Å². The molecule has 0 amide bonds. The van der Waals surface area contributed by atoms with Crippen LogP contribution in [0.3, 0.4) is 0 Å². The average molecular weight is 259 g/mol. The minimum absolute atomic E-state index is 0.370. The lowest BCUT2D eigenvalue weighted by molar-refractivity contribution is 0.399. The number of aryl methyl sites for hydroxylation is 1. The van der Waals surface area contributed by atoms with E-state index in [9.17, 15) is 0 Å². The number of hydrogen-bond acceptors (Lipinski definition) is 6. The first-order chi connectivity index (χ1) is 9.26. The van der Waals surface area contributed by atoms with E-state index in [4.69, 9.17) is 10.5 Å². The maximum absolute atomic E-state index is 5.90. The van der Waals surface area contributed by atoms with E-state index in [2.05, 4.69) is 33.3 Å². The number of nitrogens with one attached hydrogen (secondary N) is 1. The van der Waals surface area contributed by atoms with Gasteiger partial charge in [0.2, 0.25) is 5.88 Å². The summed E-state index contributed by atoms with van der Waals surface area (Å²) in [5.74, 6) is 0.925. The fraction of sp³-hybridized carbons (Fsp3) is 0.308. The van der Waals surface area contributed by atoms with Crippen molar-refractivity contribution in [1.82, 2.24) is 15.0 Å². The van der Waals surface area contributed by atoms with E-state index in [1.807, 2.05) is 6.07 Å². The molecule has 0 aliphatic rings. The number of ether oxygens (including phenoxy) is 1. The SMILES string of the molecule is CCc1cccnc1CNc1ncnc(OC)c1N. The van der Waals surface area contributed by atoms with Gasteiger partial charge < -0.3 is 15.8 Å². The number of nitrogens with two attached hydrogens (primary N) is 1. The van der Waals surface area contributed by atoms with E-state index in [0.29, 0.717) is 23.9 Å². The summed E-state index contributed by atoms with van der Waals surface area (Å²) in [5, 5.41) is 3.16. The van der Waals surface area contributed by atoms with Gasteiger partial charge in [-0.15, -0.1) is 0 Å². The summed E-state index contributed by atoms with van der Waals surface area (Å²) >= 11 is 0. The van der Waals surface area contributed by atoms with Gasteiger partial charge in [0.05, 0.1) is 19.3 Å². The first-order valence-electron chi connectivity index (χ1n) is 6.07. The summed E-state index contributed by atoms with van der Waals surface area (Å²) in [6.07, 6.45) is 4.13. The van der Waals surface area contributed by atoms with Crippen LogP contribution in [0.15, 0.2) is 24.7 Å². The molecule has 2 heterocycles. The summed E-state index contributed by atoms with van der Waals surface area (Å²) < 4.78 is 5.05.